The van der Waals surface area contributed by atoms with E-state index in [4.69, 9.17) is 26.1 Å². The van der Waals surface area contributed by atoms with Gasteiger partial charge in [-0.1, -0.05) is 11.6 Å². The summed E-state index contributed by atoms with van der Waals surface area (Å²) in [5, 5.41) is 9.39. The number of aromatic nitrogens is 5. The summed E-state index contributed by atoms with van der Waals surface area (Å²) in [6, 6.07) is 8.91. The number of benzene rings is 2. The number of nitrogens with zero attached hydrogens (tertiary/aromatic N) is 5. The van der Waals surface area contributed by atoms with Gasteiger partial charge in [-0.25, -0.2) is 4.98 Å². The first-order chi connectivity index (χ1) is 15.5. The summed E-state index contributed by atoms with van der Waals surface area (Å²) >= 11 is 6.35. The van der Waals surface area contributed by atoms with Gasteiger partial charge in [-0.15, -0.1) is 4.80 Å². The molecule has 1 atom stereocenters. The van der Waals surface area contributed by atoms with Gasteiger partial charge in [-0.05, 0) is 50.5 Å². The predicted molar refractivity (Wildman–Crippen MR) is 123 cm³/mol. The lowest BCUT2D eigenvalue weighted by Crippen LogP contribution is -2.40. The monoisotopic (exact) mass is 451 g/mol. The fourth-order valence-corrected chi connectivity index (χ4v) is 4.74. The SMILES string of the molecule is COc1c[c]c(-n2nccn2)c(N2CCC[C@@]2(C)c2nc3c(C)c(Cl)ccc3[nH]2)c1OC. The van der Waals surface area contributed by atoms with Crippen LogP contribution in [0.4, 0.5) is 5.69 Å². The molecule has 3 heterocycles. The van der Waals surface area contributed by atoms with Gasteiger partial charge in [0.25, 0.3) is 0 Å². The first-order valence-electron chi connectivity index (χ1n) is 10.4. The maximum Gasteiger partial charge on any atom is 0.186 e. The van der Waals surface area contributed by atoms with Gasteiger partial charge < -0.3 is 19.4 Å². The highest BCUT2D eigenvalue weighted by atomic mass is 35.5. The number of halogens is 1. The van der Waals surface area contributed by atoms with Gasteiger partial charge in [-0.3, -0.25) is 0 Å². The number of H-pyrrole nitrogens is 1. The minimum absolute atomic E-state index is 0.423. The molecule has 0 amide bonds. The summed E-state index contributed by atoms with van der Waals surface area (Å²) in [5.74, 6) is 2.08. The molecule has 1 saturated heterocycles. The molecule has 1 N–H and O–H groups in total. The van der Waals surface area contributed by atoms with E-state index in [9.17, 15) is 0 Å². The van der Waals surface area contributed by atoms with Crippen molar-refractivity contribution in [2.24, 2.45) is 0 Å². The number of rotatable bonds is 5. The van der Waals surface area contributed by atoms with E-state index in [0.717, 1.165) is 47.5 Å². The number of aryl methyl sites for hydroxylation is 1. The topological polar surface area (TPSA) is 81.1 Å². The van der Waals surface area contributed by atoms with E-state index in [2.05, 4.69) is 33.1 Å². The quantitative estimate of drug-likeness (QED) is 0.483. The molecule has 2 aromatic heterocycles. The molecule has 32 heavy (non-hydrogen) atoms. The van der Waals surface area contributed by atoms with E-state index in [1.165, 1.54) is 0 Å². The number of hydrogen-bond acceptors (Lipinski definition) is 6. The fraction of sp³-hybridized carbons (Fsp3) is 0.348. The average Bonchev–Trinajstić information content (AvgIpc) is 3.55. The first-order valence-corrected chi connectivity index (χ1v) is 10.8. The van der Waals surface area contributed by atoms with Crippen molar-refractivity contribution in [3.05, 3.63) is 53.1 Å². The van der Waals surface area contributed by atoms with Gasteiger partial charge in [0.2, 0.25) is 0 Å². The summed E-state index contributed by atoms with van der Waals surface area (Å²) in [6.45, 7) is 4.98. The highest BCUT2D eigenvalue weighted by Gasteiger charge is 2.44. The third-order valence-corrected chi connectivity index (χ3v) is 6.72. The number of methoxy groups -OCH3 is 2. The van der Waals surface area contributed by atoms with Gasteiger partial charge in [0.15, 0.2) is 11.5 Å². The zero-order valence-corrected chi connectivity index (χ0v) is 19.2. The molecule has 4 aromatic rings. The van der Waals surface area contributed by atoms with Crippen LogP contribution in [0, 0.1) is 13.0 Å². The Morgan fingerprint density at radius 2 is 1.97 bits per heavy atom. The van der Waals surface area contributed by atoms with E-state index in [-0.39, 0.29) is 0 Å². The standard InChI is InChI=1S/C23H24ClN6O2/c1-14-15(24)6-7-16-19(14)28-22(27-16)23(2)10-5-13-29(23)20-17(30-25-11-12-26-30)8-9-18(31-3)21(20)32-4/h6-7,9,11-12H,5,10,13H2,1-4H3,(H,27,28)/t23-/m0/s1. The van der Waals surface area contributed by atoms with Gasteiger partial charge in [0.05, 0.1) is 43.2 Å². The molecule has 1 aliphatic rings. The van der Waals surface area contributed by atoms with E-state index in [1.54, 1.807) is 37.5 Å². The van der Waals surface area contributed by atoms with Crippen molar-refractivity contribution >= 4 is 28.3 Å². The number of fused-ring (bicyclic) bond motifs is 1. The molecule has 165 valence electrons. The third kappa shape index (κ3) is 3.01. The molecular formula is C23H24ClN6O2. The van der Waals surface area contributed by atoms with Gasteiger partial charge in [0.1, 0.15) is 17.2 Å². The number of imidazole rings is 1. The normalized spacial score (nSPS) is 18.5. The van der Waals surface area contributed by atoms with Gasteiger partial charge in [-0.2, -0.15) is 10.2 Å². The van der Waals surface area contributed by atoms with Crippen LogP contribution in [0.1, 0.15) is 31.2 Å². The van der Waals surface area contributed by atoms with Crippen LogP contribution < -0.4 is 14.4 Å². The lowest BCUT2D eigenvalue weighted by molar-refractivity contribution is 0.351. The molecule has 1 fully saturated rings. The van der Waals surface area contributed by atoms with Crippen molar-refractivity contribution < 1.29 is 9.47 Å². The molecule has 9 heteroatoms. The molecule has 0 unspecified atom stereocenters. The molecule has 8 nitrogen and oxygen atoms in total. The minimum Gasteiger partial charge on any atom is -0.493 e. The summed E-state index contributed by atoms with van der Waals surface area (Å²) in [4.78, 5) is 12.4. The van der Waals surface area contributed by atoms with Crippen molar-refractivity contribution in [2.45, 2.75) is 32.2 Å². The van der Waals surface area contributed by atoms with Gasteiger partial charge in [0, 0.05) is 17.6 Å². The van der Waals surface area contributed by atoms with Crippen molar-refractivity contribution in [3.63, 3.8) is 0 Å². The van der Waals surface area contributed by atoms with E-state index in [1.807, 2.05) is 19.1 Å². The van der Waals surface area contributed by atoms with Crippen LogP contribution in [0.2, 0.25) is 5.02 Å². The number of ether oxygens (including phenoxy) is 2. The van der Waals surface area contributed by atoms with Gasteiger partial charge >= 0.3 is 0 Å². The Morgan fingerprint density at radius 3 is 2.69 bits per heavy atom. The van der Waals surface area contributed by atoms with Crippen LogP contribution in [0.3, 0.4) is 0 Å². The van der Waals surface area contributed by atoms with Crippen molar-refractivity contribution in [3.8, 4) is 17.2 Å². The fourth-order valence-electron chi connectivity index (χ4n) is 4.59. The molecule has 1 radical (unpaired) electrons. The number of aromatic amines is 1. The Hall–Kier alpha value is -3.26. The van der Waals surface area contributed by atoms with Crippen molar-refractivity contribution in [2.75, 3.05) is 25.7 Å². The lowest BCUT2D eigenvalue weighted by Gasteiger charge is -2.37. The minimum atomic E-state index is -0.423. The summed E-state index contributed by atoms with van der Waals surface area (Å²) in [5.41, 5.74) is 3.91. The Kier molecular flexibility index (Phi) is 4.97. The predicted octanol–water partition coefficient (Wildman–Crippen LogP) is 4.44. The largest absolute Gasteiger partial charge is 0.493 e. The van der Waals surface area contributed by atoms with Crippen LogP contribution >= 0.6 is 11.6 Å². The van der Waals surface area contributed by atoms with Crippen LogP contribution in [-0.4, -0.2) is 45.7 Å². The lowest BCUT2D eigenvalue weighted by atomic mass is 9.97. The second kappa shape index (κ2) is 7.70. The molecule has 2 aromatic carbocycles. The third-order valence-electron chi connectivity index (χ3n) is 6.31. The Balaban J connectivity index is 1.72. The van der Waals surface area contributed by atoms with Crippen LogP contribution in [0.5, 0.6) is 11.5 Å². The molecule has 0 bridgehead atoms. The Bertz CT molecular complexity index is 1290. The zero-order chi connectivity index (χ0) is 22.5. The summed E-state index contributed by atoms with van der Waals surface area (Å²) in [6.07, 6.45) is 5.18. The number of nitrogens with one attached hydrogen (secondary N) is 1. The average molecular weight is 452 g/mol. The zero-order valence-electron chi connectivity index (χ0n) is 18.4. The highest BCUT2D eigenvalue weighted by Crippen LogP contribution is 2.49. The van der Waals surface area contributed by atoms with E-state index in [0.29, 0.717) is 22.2 Å². The smallest absolute Gasteiger partial charge is 0.186 e. The van der Waals surface area contributed by atoms with Crippen LogP contribution in [0.15, 0.2) is 30.6 Å². The molecule has 0 spiro atoms. The number of hydrogen-bond donors (Lipinski definition) is 1. The van der Waals surface area contributed by atoms with E-state index >= 15 is 0 Å². The molecular weight excluding hydrogens is 428 g/mol. The summed E-state index contributed by atoms with van der Waals surface area (Å²) < 4.78 is 11.4. The summed E-state index contributed by atoms with van der Waals surface area (Å²) in [7, 11) is 3.26. The van der Waals surface area contributed by atoms with Crippen molar-refractivity contribution in [1.82, 2.24) is 25.0 Å². The second-order valence-electron chi connectivity index (χ2n) is 8.09. The molecule has 5 rings (SSSR count). The maximum atomic E-state index is 6.35. The second-order valence-corrected chi connectivity index (χ2v) is 8.50. The van der Waals surface area contributed by atoms with Crippen LogP contribution in [-0.2, 0) is 5.54 Å². The first kappa shape index (κ1) is 20.6. The van der Waals surface area contributed by atoms with Crippen molar-refractivity contribution in [1.29, 1.82) is 0 Å². The Morgan fingerprint density at radius 1 is 1.19 bits per heavy atom. The molecule has 0 saturated carbocycles. The highest BCUT2D eigenvalue weighted by molar-refractivity contribution is 6.32. The van der Waals surface area contributed by atoms with Crippen LogP contribution in [0.25, 0.3) is 16.7 Å². The molecule has 1 aliphatic heterocycles. The maximum absolute atomic E-state index is 6.35. The Labute approximate surface area is 191 Å². The molecule has 0 aliphatic carbocycles. The number of anilines is 1. The van der Waals surface area contributed by atoms with E-state index < -0.39 is 5.54 Å².